The molecule has 1 aromatic heterocycles. The van der Waals surface area contributed by atoms with Crippen LogP contribution in [0.5, 0.6) is 0 Å². The van der Waals surface area contributed by atoms with Crippen LogP contribution in [0.25, 0.3) is 0 Å². The number of benzene rings is 1. The van der Waals surface area contributed by atoms with Crippen molar-refractivity contribution in [2.45, 2.75) is 12.8 Å². The molecule has 2 heterocycles. The summed E-state index contributed by atoms with van der Waals surface area (Å²) in [6.07, 6.45) is 1.64. The average Bonchev–Trinajstić information content (AvgIpc) is 2.91. The van der Waals surface area contributed by atoms with E-state index in [9.17, 15) is 9.59 Å². The molecule has 0 atom stereocenters. The lowest BCUT2D eigenvalue weighted by Crippen LogP contribution is -2.35. The first kappa shape index (κ1) is 14.3. The van der Waals surface area contributed by atoms with Gasteiger partial charge in [-0.3, -0.25) is 4.79 Å². The van der Waals surface area contributed by atoms with Crippen molar-refractivity contribution in [3.05, 3.63) is 50.1 Å². The zero-order valence-corrected chi connectivity index (χ0v) is 13.4. The number of carbonyl (C=O) groups is 2. The lowest BCUT2D eigenvalue weighted by molar-refractivity contribution is 0.0696. The molecule has 0 radical (unpaired) electrons. The molecule has 0 saturated carbocycles. The molecule has 1 amide bonds. The van der Waals surface area contributed by atoms with Gasteiger partial charge in [0.15, 0.2) is 0 Å². The molecule has 0 spiro atoms. The van der Waals surface area contributed by atoms with E-state index in [4.69, 9.17) is 5.11 Å². The third-order valence-electron chi connectivity index (χ3n) is 3.50. The summed E-state index contributed by atoms with van der Waals surface area (Å²) in [4.78, 5) is 26.1. The van der Waals surface area contributed by atoms with Crippen LogP contribution in [0.2, 0.25) is 0 Å². The fraction of sp³-hybridized carbons (Fsp3) is 0.200. The number of anilines is 1. The third-order valence-corrected chi connectivity index (χ3v) is 5.33. The molecule has 108 valence electrons. The Balaban J connectivity index is 1.99. The van der Waals surface area contributed by atoms with E-state index in [2.05, 4.69) is 15.9 Å². The fourth-order valence-electron chi connectivity index (χ4n) is 2.51. The van der Waals surface area contributed by atoms with Gasteiger partial charge in [-0.2, -0.15) is 0 Å². The minimum Gasteiger partial charge on any atom is -0.478 e. The predicted molar refractivity (Wildman–Crippen MR) is 85.4 cm³/mol. The molecule has 1 aliphatic rings. The van der Waals surface area contributed by atoms with Gasteiger partial charge in [0.1, 0.15) is 4.88 Å². The van der Waals surface area contributed by atoms with Crippen LogP contribution in [0, 0.1) is 0 Å². The van der Waals surface area contributed by atoms with Crippen molar-refractivity contribution in [1.82, 2.24) is 0 Å². The Morgan fingerprint density at radius 2 is 2.10 bits per heavy atom. The highest BCUT2D eigenvalue weighted by Crippen LogP contribution is 2.32. The third kappa shape index (κ3) is 2.61. The normalized spacial score (nSPS) is 13.9. The second kappa shape index (κ2) is 5.61. The SMILES string of the molecule is O=C(O)c1ccc2c(c1)CCCN2C(=O)c1sccc1Br. The molecule has 2 aromatic rings. The molecule has 21 heavy (non-hydrogen) atoms. The largest absolute Gasteiger partial charge is 0.478 e. The number of aromatic carboxylic acids is 1. The van der Waals surface area contributed by atoms with Crippen LogP contribution in [0.3, 0.4) is 0 Å². The summed E-state index contributed by atoms with van der Waals surface area (Å²) in [6.45, 7) is 0.655. The number of rotatable bonds is 2. The second-order valence-electron chi connectivity index (χ2n) is 4.81. The van der Waals surface area contributed by atoms with Crippen LogP contribution >= 0.6 is 27.3 Å². The number of amides is 1. The fourth-order valence-corrected chi connectivity index (χ4v) is 4.00. The highest BCUT2D eigenvalue weighted by Gasteiger charge is 2.26. The van der Waals surface area contributed by atoms with E-state index in [1.165, 1.54) is 11.3 Å². The van der Waals surface area contributed by atoms with Crippen molar-refractivity contribution in [2.24, 2.45) is 0 Å². The first-order valence-electron chi connectivity index (χ1n) is 6.49. The molecular formula is C15H12BrNO3S. The molecule has 0 fully saturated rings. The number of hydrogen-bond acceptors (Lipinski definition) is 3. The lowest BCUT2D eigenvalue weighted by atomic mass is 9.99. The summed E-state index contributed by atoms with van der Waals surface area (Å²) in [5.41, 5.74) is 2.00. The van der Waals surface area contributed by atoms with Crippen molar-refractivity contribution in [3.8, 4) is 0 Å². The van der Waals surface area contributed by atoms with E-state index in [0.29, 0.717) is 11.4 Å². The van der Waals surface area contributed by atoms with Gasteiger partial charge in [-0.1, -0.05) is 0 Å². The summed E-state index contributed by atoms with van der Waals surface area (Å²) in [5.74, 6) is -0.983. The first-order valence-corrected chi connectivity index (χ1v) is 8.16. The summed E-state index contributed by atoms with van der Waals surface area (Å²) < 4.78 is 0.798. The zero-order valence-electron chi connectivity index (χ0n) is 11.0. The monoisotopic (exact) mass is 365 g/mol. The van der Waals surface area contributed by atoms with Gasteiger partial charge in [-0.25, -0.2) is 4.79 Å². The van der Waals surface area contributed by atoms with Gasteiger partial charge in [0.05, 0.1) is 5.56 Å². The van der Waals surface area contributed by atoms with Crippen LogP contribution < -0.4 is 4.90 Å². The Kier molecular flexibility index (Phi) is 3.82. The molecule has 0 unspecified atom stereocenters. The Morgan fingerprint density at radius 3 is 2.76 bits per heavy atom. The van der Waals surface area contributed by atoms with Crippen LogP contribution in [0.1, 0.15) is 32.0 Å². The number of carbonyl (C=O) groups excluding carboxylic acids is 1. The molecule has 0 bridgehead atoms. The number of aryl methyl sites for hydroxylation is 1. The Hall–Kier alpha value is -1.66. The minimum absolute atomic E-state index is 0.0408. The van der Waals surface area contributed by atoms with Crippen molar-refractivity contribution in [3.63, 3.8) is 0 Å². The van der Waals surface area contributed by atoms with E-state index in [0.717, 1.165) is 28.6 Å². The highest BCUT2D eigenvalue weighted by molar-refractivity contribution is 9.10. The van der Waals surface area contributed by atoms with Gasteiger partial charge in [0, 0.05) is 16.7 Å². The van der Waals surface area contributed by atoms with E-state index in [1.54, 1.807) is 23.1 Å². The minimum atomic E-state index is -0.942. The Bertz CT molecular complexity index is 725. The second-order valence-corrected chi connectivity index (χ2v) is 6.58. The quantitative estimate of drug-likeness (QED) is 0.880. The van der Waals surface area contributed by atoms with E-state index in [1.807, 2.05) is 11.4 Å². The maximum absolute atomic E-state index is 12.7. The number of thiophene rings is 1. The molecule has 1 aliphatic heterocycles. The van der Waals surface area contributed by atoms with Crippen LogP contribution in [-0.4, -0.2) is 23.5 Å². The molecule has 3 rings (SSSR count). The van der Waals surface area contributed by atoms with Crippen molar-refractivity contribution in [2.75, 3.05) is 11.4 Å². The van der Waals surface area contributed by atoms with Crippen LogP contribution in [0.15, 0.2) is 34.1 Å². The summed E-state index contributed by atoms with van der Waals surface area (Å²) in [6, 6.07) is 6.81. The first-order chi connectivity index (χ1) is 10.1. The average molecular weight is 366 g/mol. The molecule has 0 saturated heterocycles. The number of halogens is 1. The van der Waals surface area contributed by atoms with Crippen LogP contribution in [0.4, 0.5) is 5.69 Å². The Labute approximate surface area is 134 Å². The summed E-state index contributed by atoms with van der Waals surface area (Å²) in [7, 11) is 0. The zero-order chi connectivity index (χ0) is 15.0. The van der Waals surface area contributed by atoms with Gasteiger partial charge < -0.3 is 10.0 Å². The summed E-state index contributed by atoms with van der Waals surface area (Å²) in [5, 5.41) is 10.9. The molecule has 6 heteroatoms. The number of hydrogen-bond donors (Lipinski definition) is 1. The lowest BCUT2D eigenvalue weighted by Gasteiger charge is -2.29. The van der Waals surface area contributed by atoms with Gasteiger partial charge in [0.2, 0.25) is 0 Å². The number of carboxylic acids is 1. The van der Waals surface area contributed by atoms with Crippen molar-refractivity contribution < 1.29 is 14.7 Å². The Morgan fingerprint density at radius 1 is 1.29 bits per heavy atom. The topological polar surface area (TPSA) is 57.6 Å². The van der Waals surface area contributed by atoms with E-state index >= 15 is 0 Å². The summed E-state index contributed by atoms with van der Waals surface area (Å²) >= 11 is 4.79. The maximum Gasteiger partial charge on any atom is 0.335 e. The number of nitrogens with zero attached hydrogens (tertiary/aromatic N) is 1. The van der Waals surface area contributed by atoms with Gasteiger partial charge >= 0.3 is 5.97 Å². The predicted octanol–water partition coefficient (Wildman–Crippen LogP) is 3.80. The molecular weight excluding hydrogens is 354 g/mol. The van der Waals surface area contributed by atoms with Crippen molar-refractivity contribution in [1.29, 1.82) is 0 Å². The number of fused-ring (bicyclic) bond motifs is 1. The molecule has 1 aromatic carbocycles. The molecule has 0 aliphatic carbocycles. The van der Waals surface area contributed by atoms with Gasteiger partial charge in [-0.15, -0.1) is 11.3 Å². The van der Waals surface area contributed by atoms with Crippen LogP contribution in [-0.2, 0) is 6.42 Å². The molecule has 4 nitrogen and oxygen atoms in total. The van der Waals surface area contributed by atoms with Gasteiger partial charge in [-0.05, 0) is 64.0 Å². The smallest absolute Gasteiger partial charge is 0.335 e. The van der Waals surface area contributed by atoms with E-state index in [-0.39, 0.29) is 11.5 Å². The van der Waals surface area contributed by atoms with E-state index < -0.39 is 5.97 Å². The standard InChI is InChI=1S/C15H12BrNO3S/c16-11-5-7-21-13(11)14(18)17-6-1-2-9-8-10(15(19)20)3-4-12(9)17/h3-5,7-8H,1-2,6H2,(H,19,20). The number of carboxylic acid groups (broad SMARTS) is 1. The molecule has 1 N–H and O–H groups in total. The van der Waals surface area contributed by atoms with Crippen molar-refractivity contribution >= 4 is 44.8 Å². The van der Waals surface area contributed by atoms with Gasteiger partial charge in [0.25, 0.3) is 5.91 Å². The maximum atomic E-state index is 12.7. The highest BCUT2D eigenvalue weighted by atomic mass is 79.9.